The summed E-state index contributed by atoms with van der Waals surface area (Å²) >= 11 is 12.0. The number of carbonyl (C=O) groups is 2. The molecule has 3 saturated heterocycles. The molecule has 2 aromatic carbocycles. The third kappa shape index (κ3) is 19.7. The van der Waals surface area contributed by atoms with Crippen molar-refractivity contribution in [2.75, 3.05) is 39.4 Å². The van der Waals surface area contributed by atoms with Crippen molar-refractivity contribution < 1.29 is 80.3 Å². The minimum absolute atomic E-state index is 0. The predicted octanol–water partition coefficient (Wildman–Crippen LogP) is 8.15. The fraction of sp³-hybridized carbons (Fsp3) is 0.644. The van der Waals surface area contributed by atoms with E-state index in [2.05, 4.69) is 25.6 Å². The summed E-state index contributed by atoms with van der Waals surface area (Å²) in [6, 6.07) is 16.1. The van der Waals surface area contributed by atoms with Gasteiger partial charge in [-0.3, -0.25) is 0 Å². The van der Waals surface area contributed by atoms with Crippen molar-refractivity contribution >= 4 is 35.4 Å². The van der Waals surface area contributed by atoms with E-state index < -0.39 is 16.8 Å². The Morgan fingerprint density at radius 2 is 1.09 bits per heavy atom. The molecular weight excluding hydrogens is 775 g/mol. The maximum absolute atomic E-state index is 12.3. The first kappa shape index (κ1) is 52.9. The Morgan fingerprint density at radius 1 is 0.732 bits per heavy atom. The predicted molar refractivity (Wildman–Crippen MR) is 225 cm³/mol. The van der Waals surface area contributed by atoms with Crippen LogP contribution in [0.5, 0.6) is 0 Å². The molecule has 310 valence electrons. The summed E-state index contributed by atoms with van der Waals surface area (Å²) < 4.78 is 15.9. The van der Waals surface area contributed by atoms with Gasteiger partial charge in [0.15, 0.2) is 0 Å². The maximum Gasteiger partial charge on any atom is 1.00 e. The second-order valence-electron chi connectivity index (χ2n) is 17.8. The first-order valence-electron chi connectivity index (χ1n) is 19.9. The first-order valence-corrected chi connectivity index (χ1v) is 20.7. The SMILES string of the molecule is C1CCOC1.C=CC1(c2ccc(Cl)cc2)CCN(C(=O)OC(C)(C)C)CC1.CC(C)(C)[O-].CCCC1(c2ccc(Cl)cc2)CCN(C(=O)OC(C)(C)C)CC1.[K+]. The van der Waals surface area contributed by atoms with Crippen LogP contribution in [0.1, 0.15) is 132 Å². The van der Waals surface area contributed by atoms with Crippen LogP contribution in [0.25, 0.3) is 0 Å². The van der Waals surface area contributed by atoms with E-state index >= 15 is 0 Å². The van der Waals surface area contributed by atoms with Gasteiger partial charge in [-0.25, -0.2) is 9.59 Å². The number of benzene rings is 2. The van der Waals surface area contributed by atoms with Gasteiger partial charge >= 0.3 is 63.6 Å². The van der Waals surface area contributed by atoms with Crippen molar-refractivity contribution in [2.24, 2.45) is 0 Å². The van der Waals surface area contributed by atoms with E-state index in [1.54, 1.807) is 25.7 Å². The van der Waals surface area contributed by atoms with Crippen LogP contribution in [0.4, 0.5) is 9.59 Å². The molecule has 8 nitrogen and oxygen atoms in total. The minimum atomic E-state index is -0.750. The van der Waals surface area contributed by atoms with E-state index in [-0.39, 0.29) is 74.4 Å². The molecular formula is C45H69Cl2KN2O6. The quantitative estimate of drug-likeness (QED) is 0.223. The van der Waals surface area contributed by atoms with Crippen molar-refractivity contribution in [1.29, 1.82) is 0 Å². The third-order valence-electron chi connectivity index (χ3n) is 9.50. The van der Waals surface area contributed by atoms with E-state index in [0.717, 1.165) is 74.9 Å². The van der Waals surface area contributed by atoms with Crippen LogP contribution >= 0.6 is 23.2 Å². The zero-order valence-electron chi connectivity index (χ0n) is 36.4. The Labute approximate surface area is 391 Å². The molecule has 0 aliphatic carbocycles. The monoisotopic (exact) mass is 842 g/mol. The fourth-order valence-electron chi connectivity index (χ4n) is 6.73. The smallest absolute Gasteiger partial charge is 0.850 e. The van der Waals surface area contributed by atoms with E-state index in [1.807, 2.05) is 88.9 Å². The molecule has 0 saturated carbocycles. The summed E-state index contributed by atoms with van der Waals surface area (Å²) in [5.41, 5.74) is 0.954. The second-order valence-corrected chi connectivity index (χ2v) is 18.6. The Balaban J connectivity index is 0.000000442. The normalized spacial score (nSPS) is 17.6. The number of halogens is 2. The van der Waals surface area contributed by atoms with Crippen LogP contribution in [0.15, 0.2) is 61.2 Å². The summed E-state index contributed by atoms with van der Waals surface area (Å²) in [7, 11) is 0. The summed E-state index contributed by atoms with van der Waals surface area (Å²) in [4.78, 5) is 28.0. The maximum atomic E-state index is 12.3. The molecule has 56 heavy (non-hydrogen) atoms. The molecule has 11 heteroatoms. The van der Waals surface area contributed by atoms with Crippen LogP contribution in [0, 0.1) is 0 Å². The van der Waals surface area contributed by atoms with E-state index in [1.165, 1.54) is 24.0 Å². The molecule has 0 N–H and O–H groups in total. The number of allylic oxidation sites excluding steroid dienone is 1. The molecule has 2 amide bonds. The average Bonchev–Trinajstić information content (AvgIpc) is 3.68. The number of nitrogens with zero attached hydrogens (tertiary/aromatic N) is 2. The largest absolute Gasteiger partial charge is 1.00 e. The van der Waals surface area contributed by atoms with E-state index in [9.17, 15) is 14.7 Å². The molecule has 0 unspecified atom stereocenters. The number of ether oxygens (including phenoxy) is 3. The number of rotatable bonds is 5. The molecule has 3 aliphatic heterocycles. The van der Waals surface area contributed by atoms with Gasteiger partial charge in [-0.15, -0.1) is 12.2 Å². The van der Waals surface area contributed by atoms with Gasteiger partial charge in [0.05, 0.1) is 0 Å². The van der Waals surface area contributed by atoms with E-state index in [0.29, 0.717) is 13.1 Å². The standard InChI is InChI=1S/C19H28ClNO2.C18H24ClNO2.C4H8O.C4H9O.K/c1-5-10-19(15-6-8-16(20)9-7-15)11-13-21(14-12-19)17(22)23-18(2,3)4;1-5-18(14-6-8-15(19)9-7-14)10-12-20(13-11-18)16(21)22-17(2,3)4;1-2-4-5-3-1;1-4(2,3)5;/h6-9H,5,10-14H2,1-4H3;5-9H,1,10-13H2,2-4H3;1-4H2;1-3H3;/q;;;-1;+1. The summed E-state index contributed by atoms with van der Waals surface area (Å²) in [6.45, 7) is 27.3. The molecule has 3 heterocycles. The number of amides is 2. The van der Waals surface area contributed by atoms with Crippen LogP contribution in [0.2, 0.25) is 10.0 Å². The molecule has 3 aliphatic rings. The van der Waals surface area contributed by atoms with Crippen LogP contribution in [0.3, 0.4) is 0 Å². The van der Waals surface area contributed by atoms with Crippen LogP contribution in [-0.2, 0) is 25.0 Å². The molecule has 0 radical (unpaired) electrons. The number of hydrogen-bond donors (Lipinski definition) is 0. The molecule has 0 aromatic heterocycles. The van der Waals surface area contributed by atoms with Crippen LogP contribution < -0.4 is 56.5 Å². The number of hydrogen-bond acceptors (Lipinski definition) is 6. The van der Waals surface area contributed by atoms with Gasteiger partial charge in [0, 0.05) is 54.9 Å². The third-order valence-corrected chi connectivity index (χ3v) is 10.0. The van der Waals surface area contributed by atoms with Crippen molar-refractivity contribution in [2.45, 2.75) is 148 Å². The molecule has 0 atom stereocenters. The van der Waals surface area contributed by atoms with Gasteiger partial charge in [0.1, 0.15) is 11.2 Å². The number of carbonyl (C=O) groups excluding carboxylic acids is 2. The van der Waals surface area contributed by atoms with Gasteiger partial charge in [0.25, 0.3) is 0 Å². The number of likely N-dealkylation sites (tertiary alicyclic amines) is 2. The van der Waals surface area contributed by atoms with Crippen LogP contribution in [-0.4, -0.2) is 78.2 Å². The average molecular weight is 844 g/mol. The van der Waals surface area contributed by atoms with Gasteiger partial charge in [-0.05, 0) is 127 Å². The van der Waals surface area contributed by atoms with Crippen molar-refractivity contribution in [3.8, 4) is 0 Å². The second kappa shape index (κ2) is 24.2. The van der Waals surface area contributed by atoms with E-state index in [4.69, 9.17) is 37.4 Å². The first-order chi connectivity index (χ1) is 25.5. The summed E-state index contributed by atoms with van der Waals surface area (Å²) in [5, 5.41) is 11.6. The zero-order chi connectivity index (χ0) is 41.5. The molecule has 0 bridgehead atoms. The van der Waals surface area contributed by atoms with Crippen molar-refractivity contribution in [3.63, 3.8) is 0 Å². The Bertz CT molecular complexity index is 1430. The van der Waals surface area contributed by atoms with Crippen molar-refractivity contribution in [3.05, 3.63) is 82.4 Å². The topological polar surface area (TPSA) is 91.4 Å². The zero-order valence-corrected chi connectivity index (χ0v) is 41.0. The Hall–Kier alpha value is -1.14. The molecule has 0 spiro atoms. The molecule has 2 aromatic rings. The fourth-order valence-corrected chi connectivity index (χ4v) is 6.98. The summed E-state index contributed by atoms with van der Waals surface area (Å²) in [5.74, 6) is 0. The Kier molecular flexibility index (Phi) is 22.8. The van der Waals surface area contributed by atoms with Gasteiger partial charge < -0.3 is 29.1 Å². The van der Waals surface area contributed by atoms with Gasteiger partial charge in [0.2, 0.25) is 0 Å². The molecule has 5 rings (SSSR count). The number of piperidine rings is 2. The summed E-state index contributed by atoms with van der Waals surface area (Å²) in [6.07, 6.45) is 10.0. The molecule has 3 fully saturated rings. The van der Waals surface area contributed by atoms with Crippen molar-refractivity contribution in [1.82, 2.24) is 9.80 Å². The Morgan fingerprint density at radius 3 is 1.39 bits per heavy atom. The van der Waals surface area contributed by atoms with Gasteiger partial charge in [-0.2, -0.15) is 0 Å². The minimum Gasteiger partial charge on any atom is -0.850 e. The van der Waals surface area contributed by atoms with Gasteiger partial charge in [-0.1, -0.05) is 87.7 Å².